The lowest BCUT2D eigenvalue weighted by molar-refractivity contribution is 0.438. The molecule has 3 heteroatoms. The van der Waals surface area contributed by atoms with Crippen molar-refractivity contribution in [3.05, 3.63) is 17.8 Å². The van der Waals surface area contributed by atoms with Crippen LogP contribution >= 0.6 is 11.6 Å². The standard InChI is InChI=1S/C12H18ClNO/c1-7(13)10-14-6-8(15-10)9-11(2,3)12(9,4)5/h6-7,9H,1-5H3. The lowest BCUT2D eigenvalue weighted by Gasteiger charge is -2.03. The van der Waals surface area contributed by atoms with Crippen LogP contribution in [0.25, 0.3) is 0 Å². The summed E-state index contributed by atoms with van der Waals surface area (Å²) in [7, 11) is 0. The fourth-order valence-corrected chi connectivity index (χ4v) is 2.63. The van der Waals surface area contributed by atoms with E-state index in [9.17, 15) is 0 Å². The van der Waals surface area contributed by atoms with Gasteiger partial charge in [0.25, 0.3) is 0 Å². The van der Waals surface area contributed by atoms with Gasteiger partial charge in [0.05, 0.1) is 6.20 Å². The fraction of sp³-hybridized carbons (Fsp3) is 0.750. The molecule has 1 aliphatic carbocycles. The molecule has 1 aromatic heterocycles. The van der Waals surface area contributed by atoms with Crippen LogP contribution in [0.4, 0.5) is 0 Å². The Bertz CT molecular complexity index is 365. The molecule has 15 heavy (non-hydrogen) atoms. The zero-order valence-corrected chi connectivity index (χ0v) is 10.7. The van der Waals surface area contributed by atoms with E-state index >= 15 is 0 Å². The molecule has 1 aliphatic rings. The zero-order chi connectivity index (χ0) is 11.4. The number of hydrogen-bond acceptors (Lipinski definition) is 2. The van der Waals surface area contributed by atoms with Gasteiger partial charge in [0.15, 0.2) is 0 Å². The van der Waals surface area contributed by atoms with Crippen molar-refractivity contribution >= 4 is 11.6 Å². The number of halogens is 1. The van der Waals surface area contributed by atoms with E-state index < -0.39 is 0 Å². The number of alkyl halides is 1. The van der Waals surface area contributed by atoms with E-state index in [1.807, 2.05) is 13.1 Å². The van der Waals surface area contributed by atoms with E-state index in [0.717, 1.165) is 5.76 Å². The molecule has 2 rings (SSSR count). The van der Waals surface area contributed by atoms with Gasteiger partial charge in [0.1, 0.15) is 11.1 Å². The van der Waals surface area contributed by atoms with Crippen LogP contribution < -0.4 is 0 Å². The lowest BCUT2D eigenvalue weighted by Crippen LogP contribution is -1.95. The third-order valence-corrected chi connectivity index (χ3v) is 4.37. The molecule has 0 spiro atoms. The van der Waals surface area contributed by atoms with Crippen LogP contribution in [-0.4, -0.2) is 4.98 Å². The smallest absolute Gasteiger partial charge is 0.212 e. The Labute approximate surface area is 96.0 Å². The highest BCUT2D eigenvalue weighted by atomic mass is 35.5. The van der Waals surface area contributed by atoms with E-state index in [-0.39, 0.29) is 5.38 Å². The van der Waals surface area contributed by atoms with E-state index in [4.69, 9.17) is 16.0 Å². The van der Waals surface area contributed by atoms with Gasteiger partial charge in [-0.1, -0.05) is 27.7 Å². The summed E-state index contributed by atoms with van der Waals surface area (Å²) in [5.41, 5.74) is 0.582. The van der Waals surface area contributed by atoms with Crippen molar-refractivity contribution < 1.29 is 4.42 Å². The summed E-state index contributed by atoms with van der Waals surface area (Å²) in [5.74, 6) is 2.07. The monoisotopic (exact) mass is 227 g/mol. The molecule has 0 saturated heterocycles. The maximum Gasteiger partial charge on any atom is 0.212 e. The Hall–Kier alpha value is -0.500. The van der Waals surface area contributed by atoms with Gasteiger partial charge in [0, 0.05) is 5.92 Å². The maximum atomic E-state index is 5.93. The SMILES string of the molecule is CC(Cl)c1ncc(C2C(C)(C)C2(C)C)o1. The van der Waals surface area contributed by atoms with Crippen LogP contribution in [-0.2, 0) is 0 Å². The second-order valence-corrected chi connectivity index (χ2v) is 6.25. The van der Waals surface area contributed by atoms with E-state index in [1.54, 1.807) is 0 Å². The molecule has 0 radical (unpaired) electrons. The normalized spacial score (nSPS) is 25.2. The van der Waals surface area contributed by atoms with E-state index in [2.05, 4.69) is 32.7 Å². The number of oxazole rings is 1. The van der Waals surface area contributed by atoms with Gasteiger partial charge >= 0.3 is 0 Å². The molecule has 1 saturated carbocycles. The van der Waals surface area contributed by atoms with Crippen LogP contribution in [0, 0.1) is 10.8 Å². The molecule has 0 amide bonds. The Morgan fingerprint density at radius 1 is 1.33 bits per heavy atom. The summed E-state index contributed by atoms with van der Waals surface area (Å²) >= 11 is 5.93. The highest BCUT2D eigenvalue weighted by molar-refractivity contribution is 6.20. The van der Waals surface area contributed by atoms with Crippen molar-refractivity contribution in [3.8, 4) is 0 Å². The second-order valence-electron chi connectivity index (χ2n) is 5.59. The van der Waals surface area contributed by atoms with Crippen LogP contribution in [0.3, 0.4) is 0 Å². The Morgan fingerprint density at radius 3 is 2.20 bits per heavy atom. The molecule has 1 fully saturated rings. The zero-order valence-electron chi connectivity index (χ0n) is 9.97. The molecule has 0 N–H and O–H groups in total. The predicted octanol–water partition coefficient (Wildman–Crippen LogP) is 4.12. The highest BCUT2D eigenvalue weighted by Gasteiger charge is 2.66. The molecule has 84 valence electrons. The van der Waals surface area contributed by atoms with Crippen molar-refractivity contribution in [1.29, 1.82) is 0 Å². The van der Waals surface area contributed by atoms with Crippen LogP contribution in [0.15, 0.2) is 10.6 Å². The van der Waals surface area contributed by atoms with Crippen molar-refractivity contribution in [2.24, 2.45) is 10.8 Å². The molecule has 1 atom stereocenters. The minimum absolute atomic E-state index is 0.149. The number of hydrogen-bond donors (Lipinski definition) is 0. The molecular weight excluding hydrogens is 210 g/mol. The van der Waals surface area contributed by atoms with Gasteiger partial charge in [-0.05, 0) is 17.8 Å². The summed E-state index contributed by atoms with van der Waals surface area (Å²) in [6.45, 7) is 10.9. The van der Waals surface area contributed by atoms with Crippen molar-refractivity contribution in [3.63, 3.8) is 0 Å². The van der Waals surface area contributed by atoms with E-state index in [1.165, 1.54) is 0 Å². The van der Waals surface area contributed by atoms with Gasteiger partial charge < -0.3 is 4.42 Å². The molecular formula is C12H18ClNO. The average molecular weight is 228 g/mol. The second kappa shape index (κ2) is 3.00. The van der Waals surface area contributed by atoms with Crippen LogP contribution in [0.2, 0.25) is 0 Å². The van der Waals surface area contributed by atoms with Gasteiger partial charge in [-0.25, -0.2) is 4.98 Å². The fourth-order valence-electron chi connectivity index (χ4n) is 2.53. The van der Waals surface area contributed by atoms with Crippen LogP contribution in [0.5, 0.6) is 0 Å². The van der Waals surface area contributed by atoms with Gasteiger partial charge in [-0.2, -0.15) is 0 Å². The van der Waals surface area contributed by atoms with E-state index in [0.29, 0.717) is 22.6 Å². The van der Waals surface area contributed by atoms with Crippen molar-refractivity contribution in [2.75, 3.05) is 0 Å². The average Bonchev–Trinajstić information content (AvgIpc) is 2.52. The first-order valence-electron chi connectivity index (χ1n) is 5.38. The molecule has 1 heterocycles. The summed E-state index contributed by atoms with van der Waals surface area (Å²) in [4.78, 5) is 4.21. The number of aromatic nitrogens is 1. The molecule has 2 nitrogen and oxygen atoms in total. The first-order chi connectivity index (χ1) is 6.78. The Morgan fingerprint density at radius 2 is 1.87 bits per heavy atom. The van der Waals surface area contributed by atoms with Crippen molar-refractivity contribution in [1.82, 2.24) is 4.98 Å². The molecule has 1 unspecified atom stereocenters. The Balaban J connectivity index is 2.26. The summed E-state index contributed by atoms with van der Waals surface area (Å²) in [5, 5.41) is -0.149. The minimum atomic E-state index is -0.149. The largest absolute Gasteiger partial charge is 0.444 e. The van der Waals surface area contributed by atoms with Gasteiger partial charge in [-0.15, -0.1) is 11.6 Å². The minimum Gasteiger partial charge on any atom is -0.444 e. The molecule has 1 aromatic rings. The van der Waals surface area contributed by atoms with Crippen LogP contribution in [0.1, 0.15) is 57.6 Å². The third kappa shape index (κ3) is 1.42. The summed E-state index contributed by atoms with van der Waals surface area (Å²) in [6.07, 6.45) is 1.83. The predicted molar refractivity (Wildman–Crippen MR) is 61.1 cm³/mol. The number of rotatable bonds is 2. The van der Waals surface area contributed by atoms with Gasteiger partial charge in [-0.3, -0.25) is 0 Å². The first kappa shape index (κ1) is 11.0. The third-order valence-electron chi connectivity index (χ3n) is 4.19. The van der Waals surface area contributed by atoms with Gasteiger partial charge in [0.2, 0.25) is 5.89 Å². The quantitative estimate of drug-likeness (QED) is 0.711. The maximum absolute atomic E-state index is 5.93. The Kier molecular flexibility index (Phi) is 2.20. The summed E-state index contributed by atoms with van der Waals surface area (Å²) in [6, 6.07) is 0. The number of nitrogens with zero attached hydrogens (tertiary/aromatic N) is 1. The lowest BCUT2D eigenvalue weighted by atomic mass is 10.0. The highest BCUT2D eigenvalue weighted by Crippen LogP contribution is 2.73. The van der Waals surface area contributed by atoms with Crippen molar-refractivity contribution in [2.45, 2.75) is 45.9 Å². The molecule has 0 bridgehead atoms. The molecule has 0 aromatic carbocycles. The first-order valence-corrected chi connectivity index (χ1v) is 5.82. The topological polar surface area (TPSA) is 26.0 Å². The summed E-state index contributed by atoms with van der Waals surface area (Å²) < 4.78 is 5.70. The molecule has 0 aliphatic heterocycles.